The lowest BCUT2D eigenvalue weighted by atomic mass is 9.84. The van der Waals surface area contributed by atoms with Crippen molar-refractivity contribution in [1.29, 1.82) is 0 Å². The van der Waals surface area contributed by atoms with Crippen molar-refractivity contribution in [2.45, 2.75) is 38.5 Å². The summed E-state index contributed by atoms with van der Waals surface area (Å²) in [6.07, 6.45) is 2.66. The molecule has 0 bridgehead atoms. The second-order valence-corrected chi connectivity index (χ2v) is 7.32. The van der Waals surface area contributed by atoms with Gasteiger partial charge in [-0.05, 0) is 73.2 Å². The molecule has 4 heteroatoms. The van der Waals surface area contributed by atoms with Crippen LogP contribution in [-0.2, 0) is 0 Å². The first kappa shape index (κ1) is 21.6. The number of hydrogen-bond donors (Lipinski definition) is 0. The minimum atomic E-state index is 0. The van der Waals surface area contributed by atoms with Crippen LogP contribution >= 0.6 is 12.4 Å². The van der Waals surface area contributed by atoms with E-state index in [1.165, 1.54) is 37.1 Å². The number of halogens is 1. The van der Waals surface area contributed by atoms with Gasteiger partial charge in [-0.3, -0.25) is 4.90 Å². The third-order valence-corrected chi connectivity index (χ3v) is 5.67. The molecule has 1 heterocycles. The molecule has 0 N–H and O–H groups in total. The van der Waals surface area contributed by atoms with Crippen LogP contribution in [0.25, 0.3) is 0 Å². The van der Waals surface area contributed by atoms with Crippen molar-refractivity contribution in [3.63, 3.8) is 0 Å². The Kier molecular flexibility index (Phi) is 8.46. The first-order chi connectivity index (χ1) is 12.7. The Labute approximate surface area is 170 Å². The zero-order valence-electron chi connectivity index (χ0n) is 16.7. The second-order valence-electron chi connectivity index (χ2n) is 7.32. The lowest BCUT2D eigenvalue weighted by Crippen LogP contribution is -2.25. The number of benzene rings is 2. The third-order valence-electron chi connectivity index (χ3n) is 5.67. The van der Waals surface area contributed by atoms with Gasteiger partial charge in [-0.2, -0.15) is 0 Å². The number of nitrogens with zero attached hydrogens (tertiary/aromatic N) is 1. The maximum atomic E-state index is 5.92. The summed E-state index contributed by atoms with van der Waals surface area (Å²) in [6.45, 7) is 8.83. The molecule has 1 saturated heterocycles. The standard InChI is InChI=1S/C23H31NO2.ClH/c1-18(20-6-10-22(25-3)11-7-20)19(2)21-8-12-23(13-9-21)26-17-16-24-14-4-5-15-24;/h6-13,18-19H,4-5,14-17H2,1-3H3;1H/t18-,19+;/m0./s1. The van der Waals surface area contributed by atoms with Crippen LogP contribution in [0.1, 0.15) is 49.7 Å². The average Bonchev–Trinajstić information content (AvgIpc) is 3.21. The topological polar surface area (TPSA) is 21.7 Å². The zero-order valence-corrected chi connectivity index (χ0v) is 17.5. The first-order valence-electron chi connectivity index (χ1n) is 9.76. The molecule has 0 aliphatic carbocycles. The van der Waals surface area contributed by atoms with Crippen molar-refractivity contribution in [3.05, 3.63) is 59.7 Å². The summed E-state index contributed by atoms with van der Waals surface area (Å²) in [4.78, 5) is 2.48. The molecule has 0 saturated carbocycles. The molecule has 27 heavy (non-hydrogen) atoms. The Morgan fingerprint density at radius 1 is 0.815 bits per heavy atom. The Bertz CT molecular complexity index is 666. The smallest absolute Gasteiger partial charge is 0.119 e. The fourth-order valence-electron chi connectivity index (χ4n) is 3.65. The van der Waals surface area contributed by atoms with Crippen molar-refractivity contribution in [2.75, 3.05) is 33.4 Å². The van der Waals surface area contributed by atoms with Crippen LogP contribution in [0.3, 0.4) is 0 Å². The lowest BCUT2D eigenvalue weighted by molar-refractivity contribution is 0.237. The van der Waals surface area contributed by atoms with E-state index in [2.05, 4.69) is 55.1 Å². The molecule has 1 aliphatic heterocycles. The van der Waals surface area contributed by atoms with E-state index in [1.54, 1.807) is 7.11 Å². The van der Waals surface area contributed by atoms with E-state index in [1.807, 2.05) is 12.1 Å². The van der Waals surface area contributed by atoms with Gasteiger partial charge < -0.3 is 9.47 Å². The van der Waals surface area contributed by atoms with Crippen molar-refractivity contribution < 1.29 is 9.47 Å². The van der Waals surface area contributed by atoms with E-state index in [-0.39, 0.29) is 12.4 Å². The van der Waals surface area contributed by atoms with Gasteiger partial charge in [-0.15, -0.1) is 12.4 Å². The fourth-order valence-corrected chi connectivity index (χ4v) is 3.65. The number of hydrogen-bond acceptors (Lipinski definition) is 3. The van der Waals surface area contributed by atoms with Gasteiger partial charge in [-0.25, -0.2) is 0 Å². The molecular formula is C23H32ClNO2. The lowest BCUT2D eigenvalue weighted by Gasteiger charge is -2.21. The Hall–Kier alpha value is -1.71. The van der Waals surface area contributed by atoms with Crippen molar-refractivity contribution in [1.82, 2.24) is 4.90 Å². The monoisotopic (exact) mass is 389 g/mol. The second kappa shape index (κ2) is 10.6. The van der Waals surface area contributed by atoms with Gasteiger partial charge in [0.2, 0.25) is 0 Å². The summed E-state index contributed by atoms with van der Waals surface area (Å²) in [5.41, 5.74) is 2.68. The summed E-state index contributed by atoms with van der Waals surface area (Å²) >= 11 is 0. The van der Waals surface area contributed by atoms with Crippen LogP contribution < -0.4 is 9.47 Å². The Morgan fingerprint density at radius 3 is 1.78 bits per heavy atom. The van der Waals surface area contributed by atoms with E-state index in [9.17, 15) is 0 Å². The molecule has 0 unspecified atom stereocenters. The molecule has 3 rings (SSSR count). The maximum Gasteiger partial charge on any atom is 0.119 e. The van der Waals surface area contributed by atoms with Crippen LogP contribution in [0.2, 0.25) is 0 Å². The van der Waals surface area contributed by atoms with Gasteiger partial charge in [0.25, 0.3) is 0 Å². The van der Waals surface area contributed by atoms with Crippen molar-refractivity contribution >= 4 is 12.4 Å². The zero-order chi connectivity index (χ0) is 18.4. The fraction of sp³-hybridized carbons (Fsp3) is 0.478. The molecule has 3 nitrogen and oxygen atoms in total. The van der Waals surface area contributed by atoms with Gasteiger partial charge in [0, 0.05) is 6.54 Å². The SMILES string of the molecule is COc1ccc([C@@H](C)[C@@H](C)c2ccc(OCCN3CCCC3)cc2)cc1.Cl. The van der Waals surface area contributed by atoms with E-state index >= 15 is 0 Å². The van der Waals surface area contributed by atoms with Crippen LogP contribution in [0, 0.1) is 0 Å². The van der Waals surface area contributed by atoms with Gasteiger partial charge in [0.05, 0.1) is 7.11 Å². The molecular weight excluding hydrogens is 358 g/mol. The first-order valence-corrected chi connectivity index (χ1v) is 9.76. The summed E-state index contributed by atoms with van der Waals surface area (Å²) in [6, 6.07) is 17.0. The maximum absolute atomic E-state index is 5.92. The quantitative estimate of drug-likeness (QED) is 0.595. The van der Waals surface area contributed by atoms with Gasteiger partial charge in [0.1, 0.15) is 18.1 Å². The number of ether oxygens (including phenoxy) is 2. The normalized spacial score (nSPS) is 16.4. The minimum Gasteiger partial charge on any atom is -0.497 e. The predicted octanol–water partition coefficient (Wildman–Crippen LogP) is 5.50. The molecule has 0 amide bonds. The van der Waals surface area contributed by atoms with E-state index in [0.717, 1.165) is 24.7 Å². The van der Waals surface area contributed by atoms with Gasteiger partial charge in [0.15, 0.2) is 0 Å². The Balaban J connectivity index is 0.00000261. The summed E-state index contributed by atoms with van der Waals surface area (Å²) in [7, 11) is 1.70. The van der Waals surface area contributed by atoms with Crippen molar-refractivity contribution in [2.24, 2.45) is 0 Å². The summed E-state index contributed by atoms with van der Waals surface area (Å²) in [5.74, 6) is 2.77. The molecule has 148 valence electrons. The summed E-state index contributed by atoms with van der Waals surface area (Å²) in [5, 5.41) is 0. The highest BCUT2D eigenvalue weighted by molar-refractivity contribution is 5.85. The molecule has 0 spiro atoms. The average molecular weight is 390 g/mol. The molecule has 0 aromatic heterocycles. The minimum absolute atomic E-state index is 0. The Morgan fingerprint density at radius 2 is 1.30 bits per heavy atom. The molecule has 1 fully saturated rings. The number of rotatable bonds is 8. The van der Waals surface area contributed by atoms with Crippen LogP contribution in [0.4, 0.5) is 0 Å². The van der Waals surface area contributed by atoms with E-state index in [4.69, 9.17) is 9.47 Å². The summed E-state index contributed by atoms with van der Waals surface area (Å²) < 4.78 is 11.2. The largest absolute Gasteiger partial charge is 0.497 e. The van der Waals surface area contributed by atoms with E-state index in [0.29, 0.717) is 11.8 Å². The van der Waals surface area contributed by atoms with Crippen LogP contribution in [0.5, 0.6) is 11.5 Å². The van der Waals surface area contributed by atoms with Crippen molar-refractivity contribution in [3.8, 4) is 11.5 Å². The highest BCUT2D eigenvalue weighted by Crippen LogP contribution is 2.33. The van der Waals surface area contributed by atoms with Gasteiger partial charge in [-0.1, -0.05) is 38.1 Å². The highest BCUT2D eigenvalue weighted by atomic mass is 35.5. The molecule has 2 aromatic rings. The van der Waals surface area contributed by atoms with Gasteiger partial charge >= 0.3 is 0 Å². The van der Waals surface area contributed by atoms with Crippen LogP contribution in [0.15, 0.2) is 48.5 Å². The molecule has 2 aromatic carbocycles. The number of likely N-dealkylation sites (tertiary alicyclic amines) is 1. The third kappa shape index (κ3) is 5.88. The number of methoxy groups -OCH3 is 1. The van der Waals surface area contributed by atoms with Crippen LogP contribution in [-0.4, -0.2) is 38.3 Å². The molecule has 1 aliphatic rings. The van der Waals surface area contributed by atoms with E-state index < -0.39 is 0 Å². The highest BCUT2D eigenvalue weighted by Gasteiger charge is 2.16. The molecule has 2 atom stereocenters. The predicted molar refractivity (Wildman–Crippen MR) is 115 cm³/mol. The molecule has 0 radical (unpaired) electrons.